The average molecular weight is 299 g/mol. The van der Waals surface area contributed by atoms with Gasteiger partial charge in [-0.2, -0.15) is 0 Å². The van der Waals surface area contributed by atoms with Gasteiger partial charge in [0.05, 0.1) is 0 Å². The molecule has 0 aliphatic heterocycles. The van der Waals surface area contributed by atoms with Gasteiger partial charge in [0.2, 0.25) is 0 Å². The Hall–Kier alpha value is -0.610. The van der Waals surface area contributed by atoms with Crippen molar-refractivity contribution < 1.29 is 0 Å². The van der Waals surface area contributed by atoms with Crippen molar-refractivity contribution in [2.45, 2.75) is 25.4 Å². The number of hydrogen-bond donors (Lipinski definition) is 1. The number of nitrogens with one attached hydrogen (secondary N) is 1. The summed E-state index contributed by atoms with van der Waals surface area (Å²) in [5.41, 5.74) is 0.982. The van der Waals surface area contributed by atoms with E-state index in [2.05, 4.69) is 10.3 Å². The van der Waals surface area contributed by atoms with Crippen LogP contribution in [0.4, 0.5) is 0 Å². The average Bonchev–Trinajstić information content (AvgIpc) is 3.02. The Morgan fingerprint density at radius 3 is 2.61 bits per heavy atom. The zero-order valence-electron chi connectivity index (χ0n) is 9.62. The van der Waals surface area contributed by atoms with Crippen LogP contribution >= 0.6 is 34.5 Å². The Morgan fingerprint density at radius 1 is 1.22 bits per heavy atom. The normalized spacial score (nSPS) is 15.0. The smallest absolute Gasteiger partial charge is 0.123 e. The van der Waals surface area contributed by atoms with Gasteiger partial charge in [-0.1, -0.05) is 23.2 Å². The van der Waals surface area contributed by atoms with Gasteiger partial charge in [-0.3, -0.25) is 0 Å². The van der Waals surface area contributed by atoms with Gasteiger partial charge >= 0.3 is 0 Å². The minimum Gasteiger partial charge on any atom is -0.309 e. The summed E-state index contributed by atoms with van der Waals surface area (Å²) in [5.74, 6) is 0. The van der Waals surface area contributed by atoms with Gasteiger partial charge in [-0.25, -0.2) is 4.98 Å². The van der Waals surface area contributed by atoms with Gasteiger partial charge in [0.1, 0.15) is 5.01 Å². The molecule has 1 aliphatic carbocycles. The number of rotatable bonds is 4. The van der Waals surface area contributed by atoms with Gasteiger partial charge in [-0.15, -0.1) is 11.3 Å². The van der Waals surface area contributed by atoms with Crippen LogP contribution in [0.5, 0.6) is 0 Å². The summed E-state index contributed by atoms with van der Waals surface area (Å²) in [7, 11) is 0. The zero-order valence-corrected chi connectivity index (χ0v) is 11.9. The molecule has 94 valence electrons. The van der Waals surface area contributed by atoms with E-state index in [0.29, 0.717) is 10.0 Å². The van der Waals surface area contributed by atoms with Crippen LogP contribution in [0.2, 0.25) is 10.0 Å². The third-order valence-corrected chi connectivity index (χ3v) is 4.29. The van der Waals surface area contributed by atoms with Gasteiger partial charge in [0.15, 0.2) is 0 Å². The molecular formula is C13H12Cl2N2S. The summed E-state index contributed by atoms with van der Waals surface area (Å²) < 4.78 is 0. The summed E-state index contributed by atoms with van der Waals surface area (Å²) in [5, 5.41) is 5.73. The van der Waals surface area contributed by atoms with Gasteiger partial charge in [-0.05, 0) is 31.0 Å². The molecule has 5 heteroatoms. The first kappa shape index (κ1) is 12.4. The molecule has 2 nitrogen and oxygen atoms in total. The molecule has 0 bridgehead atoms. The Morgan fingerprint density at radius 2 is 1.94 bits per heavy atom. The molecule has 1 aromatic heterocycles. The van der Waals surface area contributed by atoms with Gasteiger partial charge in [0.25, 0.3) is 0 Å². The highest BCUT2D eigenvalue weighted by Crippen LogP contribution is 2.30. The van der Waals surface area contributed by atoms with Gasteiger partial charge < -0.3 is 5.32 Å². The molecular weight excluding hydrogens is 287 g/mol. The lowest BCUT2D eigenvalue weighted by molar-refractivity contribution is 0.694. The summed E-state index contributed by atoms with van der Waals surface area (Å²) in [6, 6.07) is 6.24. The minimum absolute atomic E-state index is 0.644. The lowest BCUT2D eigenvalue weighted by Gasteiger charge is -1.99. The lowest BCUT2D eigenvalue weighted by Crippen LogP contribution is -2.14. The molecule has 1 fully saturated rings. The molecule has 0 amide bonds. The van der Waals surface area contributed by atoms with Crippen LogP contribution in [0.15, 0.2) is 24.4 Å². The van der Waals surface area contributed by atoms with E-state index in [0.717, 1.165) is 23.2 Å². The summed E-state index contributed by atoms with van der Waals surface area (Å²) in [4.78, 5) is 5.67. The Balaban J connectivity index is 1.78. The van der Waals surface area contributed by atoms with Crippen molar-refractivity contribution in [3.63, 3.8) is 0 Å². The van der Waals surface area contributed by atoms with E-state index in [1.54, 1.807) is 17.4 Å². The predicted octanol–water partition coefficient (Wildman–Crippen LogP) is 4.37. The van der Waals surface area contributed by atoms with E-state index in [4.69, 9.17) is 23.2 Å². The Kier molecular flexibility index (Phi) is 3.57. The fourth-order valence-electron chi connectivity index (χ4n) is 1.73. The zero-order chi connectivity index (χ0) is 12.5. The number of hydrogen-bond acceptors (Lipinski definition) is 3. The van der Waals surface area contributed by atoms with Crippen LogP contribution < -0.4 is 5.32 Å². The van der Waals surface area contributed by atoms with Crippen LogP contribution in [0.1, 0.15) is 17.7 Å². The maximum Gasteiger partial charge on any atom is 0.123 e. The number of benzene rings is 1. The molecule has 0 saturated heterocycles. The standard InChI is InChI=1S/C13H12Cl2N2S/c14-9-3-8(4-10(15)5-9)13-17-7-12(18-13)6-16-11-1-2-11/h3-5,7,11,16H,1-2,6H2. The molecule has 0 radical (unpaired) electrons. The molecule has 1 N–H and O–H groups in total. The first-order chi connectivity index (χ1) is 8.70. The SMILES string of the molecule is Clc1cc(Cl)cc(-c2ncc(CNC3CC3)s2)c1. The third-order valence-electron chi connectivity index (χ3n) is 2.81. The van der Waals surface area contributed by atoms with E-state index in [1.807, 2.05) is 18.3 Å². The molecule has 1 aromatic carbocycles. The number of aromatic nitrogens is 1. The Labute approximate surface area is 120 Å². The van der Waals surface area contributed by atoms with Crippen molar-refractivity contribution in [2.75, 3.05) is 0 Å². The van der Waals surface area contributed by atoms with Crippen molar-refractivity contribution in [2.24, 2.45) is 0 Å². The molecule has 0 unspecified atom stereocenters. The maximum absolute atomic E-state index is 6.00. The van der Waals surface area contributed by atoms with Crippen molar-refractivity contribution >= 4 is 34.5 Å². The topological polar surface area (TPSA) is 24.9 Å². The fourth-order valence-corrected chi connectivity index (χ4v) is 3.11. The van der Waals surface area contributed by atoms with E-state index < -0.39 is 0 Å². The lowest BCUT2D eigenvalue weighted by atomic mass is 10.2. The highest BCUT2D eigenvalue weighted by atomic mass is 35.5. The molecule has 0 spiro atoms. The van der Waals surface area contributed by atoms with Crippen molar-refractivity contribution in [3.8, 4) is 10.6 Å². The second-order valence-electron chi connectivity index (χ2n) is 4.45. The first-order valence-corrected chi connectivity index (χ1v) is 7.42. The first-order valence-electron chi connectivity index (χ1n) is 5.85. The fraction of sp³-hybridized carbons (Fsp3) is 0.308. The molecule has 2 aromatic rings. The maximum atomic E-state index is 6.00. The largest absolute Gasteiger partial charge is 0.309 e. The van der Waals surface area contributed by atoms with E-state index in [9.17, 15) is 0 Å². The second-order valence-corrected chi connectivity index (χ2v) is 6.43. The molecule has 18 heavy (non-hydrogen) atoms. The Bertz CT molecular complexity index is 544. The number of thiazole rings is 1. The summed E-state index contributed by atoms with van der Waals surface area (Å²) >= 11 is 13.7. The van der Waals surface area contributed by atoms with Crippen molar-refractivity contribution in [3.05, 3.63) is 39.3 Å². The molecule has 0 atom stereocenters. The van der Waals surface area contributed by atoms with Crippen LogP contribution in [0.3, 0.4) is 0 Å². The molecule has 3 rings (SSSR count). The van der Waals surface area contributed by atoms with E-state index >= 15 is 0 Å². The summed E-state index contributed by atoms with van der Waals surface area (Å²) in [6.07, 6.45) is 4.52. The summed E-state index contributed by atoms with van der Waals surface area (Å²) in [6.45, 7) is 0.899. The van der Waals surface area contributed by atoms with Crippen molar-refractivity contribution in [1.82, 2.24) is 10.3 Å². The van der Waals surface area contributed by atoms with E-state index in [1.165, 1.54) is 17.7 Å². The number of halogens is 2. The van der Waals surface area contributed by atoms with Crippen LogP contribution in [0.25, 0.3) is 10.6 Å². The highest BCUT2D eigenvalue weighted by Gasteiger charge is 2.20. The van der Waals surface area contributed by atoms with Crippen LogP contribution in [-0.2, 0) is 6.54 Å². The molecule has 1 aliphatic rings. The molecule has 1 saturated carbocycles. The monoisotopic (exact) mass is 298 g/mol. The second kappa shape index (κ2) is 5.17. The quantitative estimate of drug-likeness (QED) is 0.907. The number of nitrogens with zero attached hydrogens (tertiary/aromatic N) is 1. The van der Waals surface area contributed by atoms with E-state index in [-0.39, 0.29) is 0 Å². The highest BCUT2D eigenvalue weighted by molar-refractivity contribution is 7.15. The van der Waals surface area contributed by atoms with Gasteiger partial charge in [0, 0.05) is 39.3 Å². The van der Waals surface area contributed by atoms with Crippen LogP contribution in [0, 0.1) is 0 Å². The third kappa shape index (κ3) is 3.04. The minimum atomic E-state index is 0.644. The van der Waals surface area contributed by atoms with Crippen LogP contribution in [-0.4, -0.2) is 11.0 Å². The predicted molar refractivity (Wildman–Crippen MR) is 77.4 cm³/mol. The van der Waals surface area contributed by atoms with Crippen molar-refractivity contribution in [1.29, 1.82) is 0 Å². The molecule has 1 heterocycles.